The molecule has 5 aliphatic heterocycles. The van der Waals surface area contributed by atoms with Crippen LogP contribution in [0.3, 0.4) is 0 Å². The molecule has 5 aromatic carbocycles. The number of aliphatic imine (C=N–C) groups is 1. The summed E-state index contributed by atoms with van der Waals surface area (Å²) in [5.41, 5.74) is 5.98. The average molecular weight is 1190 g/mol. The van der Waals surface area contributed by atoms with Gasteiger partial charge in [0.05, 0.1) is 62.0 Å². The summed E-state index contributed by atoms with van der Waals surface area (Å²) in [7, 11) is 2.94. The standard InChI is InChI=1S/C65H70N8O14/c1-38(2)59(69-56(74)18-7-6-12-25-70-57(75)23-24-58(70)76)61(78)67-39(3)60(77)68-45-21-19-40(20-22-45)37-87-65(82)73-50-33-55(53(84-5)31-48(50)63(80)72-36-44-17-11-9-15-42(44)29-51(72)64(73)81)86-27-13-26-85-54-32-49-47(30-52(54)83-4)62(79)71-35-43-16-10-8-14-41(43)28-46(71)34-66-49/h8-11,14-17,19-24,30-34,38-39,46,51,59,64,81H,6-7,12-13,18,25-29,35-37H2,1-5H3,(H,67,78)(H,68,77)(H,69,74)/t39-,46-,51-,59-,64?/m0/s1. The quantitative estimate of drug-likeness (QED) is 0.0404. The van der Waals surface area contributed by atoms with Gasteiger partial charge in [0.25, 0.3) is 23.6 Å². The molecule has 5 atom stereocenters. The van der Waals surface area contributed by atoms with Gasteiger partial charge in [-0.25, -0.2) is 9.69 Å². The van der Waals surface area contributed by atoms with E-state index in [9.17, 15) is 43.5 Å². The van der Waals surface area contributed by atoms with Gasteiger partial charge >= 0.3 is 6.09 Å². The van der Waals surface area contributed by atoms with E-state index in [0.29, 0.717) is 72.6 Å². The van der Waals surface area contributed by atoms with Crippen molar-refractivity contribution in [3.63, 3.8) is 0 Å². The number of unbranched alkanes of at least 4 members (excludes halogenated alkanes) is 2. The lowest BCUT2D eigenvalue weighted by Gasteiger charge is -2.39. The van der Waals surface area contributed by atoms with E-state index in [1.54, 1.807) is 55.1 Å². The van der Waals surface area contributed by atoms with Crippen molar-refractivity contribution in [2.24, 2.45) is 10.9 Å². The number of carbonyl (C=O) groups is 8. The molecule has 0 radical (unpaired) electrons. The molecule has 87 heavy (non-hydrogen) atoms. The van der Waals surface area contributed by atoms with Crippen LogP contribution in [-0.4, -0.2) is 138 Å². The zero-order valence-corrected chi connectivity index (χ0v) is 49.1. The van der Waals surface area contributed by atoms with Gasteiger partial charge < -0.3 is 54.5 Å². The summed E-state index contributed by atoms with van der Waals surface area (Å²) in [6, 6.07) is 25.5. The highest BCUT2D eigenvalue weighted by Gasteiger charge is 2.46. The Morgan fingerprint density at radius 2 is 1.28 bits per heavy atom. The number of benzene rings is 5. The number of hydrogen-bond acceptors (Lipinski definition) is 15. The van der Waals surface area contributed by atoms with Gasteiger partial charge in [-0.05, 0) is 90.6 Å². The average Bonchev–Trinajstić information content (AvgIpc) is 1.77. The molecule has 1 unspecified atom stereocenters. The minimum Gasteiger partial charge on any atom is -0.493 e. The first-order valence-corrected chi connectivity index (χ1v) is 29.2. The number of nitrogens with one attached hydrogen (secondary N) is 3. The van der Waals surface area contributed by atoms with Crippen molar-refractivity contribution in [1.29, 1.82) is 0 Å². The summed E-state index contributed by atoms with van der Waals surface area (Å²) in [6.45, 7) is 5.94. The highest BCUT2D eigenvalue weighted by molar-refractivity contribution is 6.13. The molecule has 5 aromatic rings. The topological polar surface area (TPSA) is 264 Å². The second-order valence-electron chi connectivity index (χ2n) is 22.3. The molecule has 0 saturated heterocycles. The van der Waals surface area contributed by atoms with Crippen LogP contribution in [0.15, 0.2) is 114 Å². The van der Waals surface area contributed by atoms with Crippen molar-refractivity contribution in [2.75, 3.05) is 44.2 Å². The van der Waals surface area contributed by atoms with Crippen LogP contribution in [0.5, 0.6) is 23.0 Å². The summed E-state index contributed by atoms with van der Waals surface area (Å²) < 4.78 is 29.9. The number of methoxy groups -OCH3 is 2. The van der Waals surface area contributed by atoms with Crippen molar-refractivity contribution in [3.8, 4) is 23.0 Å². The Morgan fingerprint density at radius 3 is 1.93 bits per heavy atom. The van der Waals surface area contributed by atoms with E-state index in [4.69, 9.17) is 28.7 Å². The zero-order chi connectivity index (χ0) is 61.5. The molecule has 454 valence electrons. The molecule has 0 aliphatic carbocycles. The number of aliphatic hydroxyl groups is 1. The summed E-state index contributed by atoms with van der Waals surface area (Å²) in [5, 5.41) is 20.5. The predicted octanol–water partition coefficient (Wildman–Crippen LogP) is 6.95. The minimum atomic E-state index is -1.58. The third kappa shape index (κ3) is 13.4. The number of amides is 8. The maximum Gasteiger partial charge on any atom is 0.416 e. The molecule has 0 saturated carbocycles. The van der Waals surface area contributed by atoms with E-state index < -0.39 is 48.2 Å². The fraction of sp³-hybridized carbons (Fsp3) is 0.369. The van der Waals surface area contributed by atoms with Crippen LogP contribution < -0.4 is 39.8 Å². The van der Waals surface area contributed by atoms with E-state index in [1.807, 2.05) is 53.6 Å². The Kier molecular flexibility index (Phi) is 18.6. The Labute approximate surface area is 503 Å². The smallest absolute Gasteiger partial charge is 0.416 e. The van der Waals surface area contributed by atoms with E-state index in [-0.39, 0.29) is 104 Å². The highest BCUT2D eigenvalue weighted by atomic mass is 16.6. The Balaban J connectivity index is 0.764. The third-order valence-electron chi connectivity index (χ3n) is 16.2. The molecule has 22 heteroatoms. The molecule has 22 nitrogen and oxygen atoms in total. The number of aliphatic hydroxyl groups excluding tert-OH is 1. The van der Waals surface area contributed by atoms with Gasteiger partial charge in [0.1, 0.15) is 18.7 Å². The fourth-order valence-electron chi connectivity index (χ4n) is 11.3. The highest BCUT2D eigenvalue weighted by Crippen LogP contribution is 2.43. The predicted molar refractivity (Wildman–Crippen MR) is 320 cm³/mol. The Hall–Kier alpha value is -9.57. The first-order valence-electron chi connectivity index (χ1n) is 29.2. The van der Waals surface area contributed by atoms with Crippen LogP contribution in [-0.2, 0) is 61.2 Å². The number of imide groups is 1. The van der Waals surface area contributed by atoms with Crippen LogP contribution in [0.1, 0.15) is 101 Å². The first-order chi connectivity index (χ1) is 42.0. The van der Waals surface area contributed by atoms with Crippen molar-refractivity contribution in [3.05, 3.63) is 148 Å². The van der Waals surface area contributed by atoms with E-state index >= 15 is 0 Å². The number of carbonyl (C=O) groups excluding carboxylic acids is 8. The molecular weight excluding hydrogens is 1120 g/mol. The van der Waals surface area contributed by atoms with Crippen LogP contribution in [0.4, 0.5) is 21.9 Å². The van der Waals surface area contributed by atoms with Gasteiger partial charge in [0.2, 0.25) is 17.7 Å². The van der Waals surface area contributed by atoms with Gasteiger partial charge in [-0.3, -0.25) is 43.5 Å². The second-order valence-corrected chi connectivity index (χ2v) is 22.3. The first kappa shape index (κ1) is 60.5. The number of anilines is 2. The molecule has 10 rings (SSSR count). The third-order valence-corrected chi connectivity index (χ3v) is 16.2. The Bertz CT molecular complexity index is 3530. The SMILES string of the molecule is COc1cc2c(cc1OCCCOc1cc3c(cc1OC)C(=O)N1Cc4ccccc4C[C@H]1C(O)N3C(=O)OCc1ccc(NC(=O)[C@H](C)NC(=O)[C@@H](NC(=O)CCCCCN3C(=O)C=CC3=O)C(C)C)cc1)N=C[C@@H]1Cc3ccccc3CN1C2=O. The van der Waals surface area contributed by atoms with E-state index in [0.717, 1.165) is 26.5 Å². The van der Waals surface area contributed by atoms with Gasteiger partial charge in [-0.1, -0.05) is 80.9 Å². The maximum atomic E-state index is 14.7. The summed E-state index contributed by atoms with van der Waals surface area (Å²) in [6.07, 6.45) is 4.72. The van der Waals surface area contributed by atoms with Crippen LogP contribution in [0, 0.1) is 5.92 Å². The summed E-state index contributed by atoms with van der Waals surface area (Å²) in [4.78, 5) is 117. The number of fused-ring (bicyclic) bond motifs is 6. The van der Waals surface area contributed by atoms with E-state index in [2.05, 4.69) is 22.0 Å². The lowest BCUT2D eigenvalue weighted by atomic mass is 9.93. The molecule has 0 bridgehead atoms. The second kappa shape index (κ2) is 26.8. The monoisotopic (exact) mass is 1190 g/mol. The number of ether oxygens (including phenoxy) is 5. The van der Waals surface area contributed by atoms with Gasteiger partial charge in [0, 0.05) is 68.7 Å². The van der Waals surface area contributed by atoms with Gasteiger partial charge in [0.15, 0.2) is 29.2 Å². The van der Waals surface area contributed by atoms with Crippen LogP contribution in [0.25, 0.3) is 0 Å². The van der Waals surface area contributed by atoms with E-state index in [1.165, 1.54) is 51.0 Å². The molecule has 0 aromatic heterocycles. The van der Waals surface area contributed by atoms with Crippen molar-refractivity contribution < 1.29 is 67.1 Å². The number of hydrogen-bond donors (Lipinski definition) is 4. The maximum absolute atomic E-state index is 14.7. The molecule has 0 fully saturated rings. The minimum absolute atomic E-state index is 0.0343. The lowest BCUT2D eigenvalue weighted by Crippen LogP contribution is -2.55. The largest absolute Gasteiger partial charge is 0.493 e. The molecule has 5 heterocycles. The normalized spacial score (nSPS) is 18.0. The number of nitrogens with zero attached hydrogens (tertiary/aromatic N) is 5. The molecule has 8 amide bonds. The van der Waals surface area contributed by atoms with Crippen molar-refractivity contribution in [2.45, 2.75) is 116 Å². The summed E-state index contributed by atoms with van der Waals surface area (Å²) in [5.74, 6) is -1.89. The molecular formula is C65H70N8O14. The lowest BCUT2D eigenvalue weighted by molar-refractivity contribution is -0.137. The molecule has 4 N–H and O–H groups in total. The van der Waals surface area contributed by atoms with Crippen LogP contribution in [0.2, 0.25) is 0 Å². The summed E-state index contributed by atoms with van der Waals surface area (Å²) >= 11 is 0. The number of rotatable bonds is 22. The van der Waals surface area contributed by atoms with Crippen molar-refractivity contribution in [1.82, 2.24) is 25.3 Å². The molecule has 5 aliphatic rings. The van der Waals surface area contributed by atoms with Gasteiger partial charge in [-0.15, -0.1) is 0 Å². The van der Waals surface area contributed by atoms with Gasteiger partial charge in [-0.2, -0.15) is 0 Å². The zero-order valence-electron chi connectivity index (χ0n) is 49.1. The Morgan fingerprint density at radius 1 is 0.667 bits per heavy atom. The molecule has 0 spiro atoms. The van der Waals surface area contributed by atoms with Crippen molar-refractivity contribution >= 4 is 70.7 Å². The fourth-order valence-corrected chi connectivity index (χ4v) is 11.3. The van der Waals surface area contributed by atoms with Crippen LogP contribution >= 0.6 is 0 Å².